The molecule has 1 aromatic rings. The van der Waals surface area contributed by atoms with Crippen LogP contribution in [0.5, 0.6) is 17.2 Å². The molecule has 0 N–H and O–H groups in total. The van der Waals surface area contributed by atoms with Crippen LogP contribution in [0.1, 0.15) is 43.6 Å². The first-order chi connectivity index (χ1) is 12.1. The van der Waals surface area contributed by atoms with Crippen LogP contribution in [-0.2, 0) is 9.47 Å². The van der Waals surface area contributed by atoms with Crippen molar-refractivity contribution in [3.8, 4) is 17.2 Å². The highest BCUT2D eigenvalue weighted by Gasteiger charge is 2.41. The standard InChI is InChI=1S/C20H28O6/c1-9-19(3,4)25-15-11-24-14-10-13(18(21)23-8)12(2)16(22-7)17(14)26-20(15,5)6/h9-10,15H,1,11H2,2-8H3/t15-/m0/s1. The first-order valence-electron chi connectivity index (χ1n) is 8.49. The van der Waals surface area contributed by atoms with E-state index in [1.165, 1.54) is 14.2 Å². The summed E-state index contributed by atoms with van der Waals surface area (Å²) < 4.78 is 28.7. The van der Waals surface area contributed by atoms with Gasteiger partial charge in [0, 0.05) is 5.56 Å². The molecule has 0 bridgehead atoms. The lowest BCUT2D eigenvalue weighted by Crippen LogP contribution is -2.49. The number of rotatable bonds is 5. The third-order valence-electron chi connectivity index (χ3n) is 4.53. The van der Waals surface area contributed by atoms with Crippen molar-refractivity contribution in [3.63, 3.8) is 0 Å². The Morgan fingerprint density at radius 1 is 1.38 bits per heavy atom. The van der Waals surface area contributed by atoms with E-state index in [9.17, 15) is 4.79 Å². The van der Waals surface area contributed by atoms with Crippen molar-refractivity contribution in [1.29, 1.82) is 0 Å². The van der Waals surface area contributed by atoms with Gasteiger partial charge in [0.15, 0.2) is 11.5 Å². The van der Waals surface area contributed by atoms with Crippen LogP contribution in [0.15, 0.2) is 18.7 Å². The fraction of sp³-hybridized carbons (Fsp3) is 0.550. The van der Waals surface area contributed by atoms with Crippen LogP contribution in [-0.4, -0.2) is 44.1 Å². The third kappa shape index (κ3) is 3.80. The summed E-state index contributed by atoms with van der Waals surface area (Å²) in [7, 11) is 2.86. The van der Waals surface area contributed by atoms with Gasteiger partial charge >= 0.3 is 5.97 Å². The molecule has 0 saturated carbocycles. The van der Waals surface area contributed by atoms with Crippen molar-refractivity contribution in [3.05, 3.63) is 29.8 Å². The Labute approximate surface area is 155 Å². The zero-order chi connectivity index (χ0) is 19.7. The largest absolute Gasteiger partial charge is 0.492 e. The summed E-state index contributed by atoms with van der Waals surface area (Å²) in [5.41, 5.74) is -0.237. The molecule has 6 nitrogen and oxygen atoms in total. The Balaban J connectivity index is 2.50. The normalized spacial score (nSPS) is 18.7. The average Bonchev–Trinajstić information content (AvgIpc) is 2.70. The number of fused-ring (bicyclic) bond motifs is 1. The van der Waals surface area contributed by atoms with Crippen molar-refractivity contribution in [2.24, 2.45) is 0 Å². The molecule has 26 heavy (non-hydrogen) atoms. The summed E-state index contributed by atoms with van der Waals surface area (Å²) >= 11 is 0. The van der Waals surface area contributed by atoms with E-state index in [2.05, 4.69) is 6.58 Å². The Bertz CT molecular complexity index is 705. The molecule has 1 aromatic carbocycles. The highest BCUT2D eigenvalue weighted by atomic mass is 16.6. The van der Waals surface area contributed by atoms with Gasteiger partial charge < -0.3 is 23.7 Å². The maximum absolute atomic E-state index is 12.1. The van der Waals surface area contributed by atoms with Crippen LogP contribution in [0.4, 0.5) is 0 Å². The summed E-state index contributed by atoms with van der Waals surface area (Å²) in [6, 6.07) is 1.62. The number of esters is 1. The smallest absolute Gasteiger partial charge is 0.338 e. The molecular weight excluding hydrogens is 336 g/mol. The van der Waals surface area contributed by atoms with Gasteiger partial charge in [0.05, 0.1) is 25.4 Å². The Morgan fingerprint density at radius 3 is 2.58 bits per heavy atom. The van der Waals surface area contributed by atoms with Crippen molar-refractivity contribution in [2.75, 3.05) is 20.8 Å². The minimum atomic E-state index is -0.696. The molecule has 2 rings (SSSR count). The van der Waals surface area contributed by atoms with Crippen LogP contribution in [0, 0.1) is 6.92 Å². The van der Waals surface area contributed by atoms with Crippen LogP contribution < -0.4 is 14.2 Å². The predicted molar refractivity (Wildman–Crippen MR) is 98.4 cm³/mol. The molecule has 6 heteroatoms. The van der Waals surface area contributed by atoms with Gasteiger partial charge in [-0.2, -0.15) is 0 Å². The molecule has 0 spiro atoms. The number of methoxy groups -OCH3 is 2. The second-order valence-electron chi connectivity index (χ2n) is 7.33. The molecule has 0 amide bonds. The van der Waals surface area contributed by atoms with Crippen molar-refractivity contribution >= 4 is 5.97 Å². The number of carbonyl (C=O) groups is 1. The van der Waals surface area contributed by atoms with E-state index < -0.39 is 17.2 Å². The lowest BCUT2D eigenvalue weighted by Gasteiger charge is -2.36. The number of hydrogen-bond acceptors (Lipinski definition) is 6. The van der Waals surface area contributed by atoms with E-state index in [-0.39, 0.29) is 12.7 Å². The highest BCUT2D eigenvalue weighted by molar-refractivity contribution is 5.93. The van der Waals surface area contributed by atoms with Crippen LogP contribution in [0.2, 0.25) is 0 Å². The van der Waals surface area contributed by atoms with Gasteiger partial charge in [-0.1, -0.05) is 6.08 Å². The molecular formula is C20H28O6. The lowest BCUT2D eigenvalue weighted by molar-refractivity contribution is -0.129. The molecule has 1 aliphatic rings. The topological polar surface area (TPSA) is 63.2 Å². The maximum atomic E-state index is 12.1. The number of benzene rings is 1. The minimum absolute atomic E-state index is 0.254. The van der Waals surface area contributed by atoms with E-state index in [1.807, 2.05) is 27.7 Å². The fourth-order valence-corrected chi connectivity index (χ4v) is 2.77. The van der Waals surface area contributed by atoms with Crippen LogP contribution in [0.3, 0.4) is 0 Å². The van der Waals surface area contributed by atoms with Gasteiger partial charge in [0.1, 0.15) is 18.3 Å². The zero-order valence-corrected chi connectivity index (χ0v) is 16.6. The van der Waals surface area contributed by atoms with Gasteiger partial charge in [-0.3, -0.25) is 0 Å². The molecule has 144 valence electrons. The average molecular weight is 364 g/mol. The van der Waals surface area contributed by atoms with Crippen LogP contribution >= 0.6 is 0 Å². The van der Waals surface area contributed by atoms with E-state index >= 15 is 0 Å². The SMILES string of the molecule is C=CC(C)(C)O[C@H]1COc2cc(C(=O)OC)c(C)c(OC)c2OC1(C)C. The molecule has 0 saturated heterocycles. The summed E-state index contributed by atoms with van der Waals surface area (Å²) in [6.07, 6.45) is 1.37. The van der Waals surface area contributed by atoms with E-state index in [4.69, 9.17) is 23.7 Å². The third-order valence-corrected chi connectivity index (χ3v) is 4.53. The van der Waals surface area contributed by atoms with E-state index in [1.54, 1.807) is 19.1 Å². The first kappa shape index (κ1) is 20.1. The van der Waals surface area contributed by atoms with Gasteiger partial charge in [-0.25, -0.2) is 4.79 Å². The molecule has 0 aromatic heterocycles. The second kappa shape index (κ2) is 7.19. The molecule has 1 heterocycles. The maximum Gasteiger partial charge on any atom is 0.338 e. The molecule has 1 aliphatic heterocycles. The van der Waals surface area contributed by atoms with E-state index in [0.29, 0.717) is 28.4 Å². The summed E-state index contributed by atoms with van der Waals surface area (Å²) in [4.78, 5) is 12.1. The number of hydrogen-bond donors (Lipinski definition) is 0. The summed E-state index contributed by atoms with van der Waals surface area (Å²) in [6.45, 7) is 13.6. The summed E-state index contributed by atoms with van der Waals surface area (Å²) in [5, 5.41) is 0. The highest BCUT2D eigenvalue weighted by Crippen LogP contribution is 2.46. The number of ether oxygens (including phenoxy) is 5. The molecule has 0 aliphatic carbocycles. The van der Waals surface area contributed by atoms with Gasteiger partial charge in [0.2, 0.25) is 5.75 Å². The van der Waals surface area contributed by atoms with Gasteiger partial charge in [-0.15, -0.1) is 6.58 Å². The lowest BCUT2D eigenvalue weighted by atomic mass is 10.00. The van der Waals surface area contributed by atoms with Gasteiger partial charge in [-0.05, 0) is 40.7 Å². The number of carbonyl (C=O) groups excluding carboxylic acids is 1. The van der Waals surface area contributed by atoms with Crippen molar-refractivity contribution in [1.82, 2.24) is 0 Å². The summed E-state index contributed by atoms with van der Waals surface area (Å²) in [5.74, 6) is 0.851. The molecule has 0 unspecified atom stereocenters. The van der Waals surface area contributed by atoms with Crippen molar-refractivity contribution < 1.29 is 28.5 Å². The monoisotopic (exact) mass is 364 g/mol. The minimum Gasteiger partial charge on any atom is -0.492 e. The Kier molecular flexibility index (Phi) is 5.56. The van der Waals surface area contributed by atoms with Crippen LogP contribution in [0.25, 0.3) is 0 Å². The molecule has 1 atom stereocenters. The predicted octanol–water partition coefficient (Wildman–Crippen LogP) is 3.69. The van der Waals surface area contributed by atoms with E-state index in [0.717, 1.165) is 0 Å². The second-order valence-corrected chi connectivity index (χ2v) is 7.33. The molecule has 0 fully saturated rings. The first-order valence-corrected chi connectivity index (χ1v) is 8.49. The fourth-order valence-electron chi connectivity index (χ4n) is 2.77. The van der Waals surface area contributed by atoms with Crippen molar-refractivity contribution in [2.45, 2.75) is 51.9 Å². The zero-order valence-electron chi connectivity index (χ0n) is 16.6. The Morgan fingerprint density at radius 2 is 2.04 bits per heavy atom. The Hall–Kier alpha value is -2.21. The van der Waals surface area contributed by atoms with Gasteiger partial charge in [0.25, 0.3) is 0 Å². The molecule has 0 radical (unpaired) electrons. The quantitative estimate of drug-likeness (QED) is 0.586.